The van der Waals surface area contributed by atoms with Crippen molar-refractivity contribution in [2.24, 2.45) is 4.99 Å². The molecular weight excluding hydrogens is 270 g/mol. The summed E-state index contributed by atoms with van der Waals surface area (Å²) in [6, 6.07) is 7.22. The number of hydrogen-bond donors (Lipinski definition) is 2. The maximum atomic E-state index is 12.2. The van der Waals surface area contributed by atoms with Gasteiger partial charge in [-0.15, -0.1) is 0 Å². The van der Waals surface area contributed by atoms with Gasteiger partial charge in [-0.2, -0.15) is 0 Å². The third-order valence-corrected chi connectivity index (χ3v) is 3.55. The van der Waals surface area contributed by atoms with E-state index in [1.807, 2.05) is 18.2 Å². The normalized spacial score (nSPS) is 24.4. The zero-order valence-corrected chi connectivity index (χ0v) is 12.0. The summed E-state index contributed by atoms with van der Waals surface area (Å²) in [4.78, 5) is 28.0. The molecule has 0 amide bonds. The molecule has 2 N–H and O–H groups in total. The number of hydrogen-bond acceptors (Lipinski definition) is 5. The first-order chi connectivity index (χ1) is 9.87. The summed E-state index contributed by atoms with van der Waals surface area (Å²) < 4.78 is 0. The molecule has 1 aromatic rings. The maximum Gasteiger partial charge on any atom is 0.220 e. The topological polar surface area (TPSA) is 87.0 Å². The monoisotopic (exact) mass is 287 g/mol. The predicted octanol–water partition coefficient (Wildman–Crippen LogP) is 0.969. The molecule has 0 saturated heterocycles. The Morgan fingerprint density at radius 1 is 1.19 bits per heavy atom. The molecular formula is C16H17NO4. The molecule has 0 spiro atoms. The zero-order valence-electron chi connectivity index (χ0n) is 12.0. The fourth-order valence-electron chi connectivity index (χ4n) is 2.15. The lowest BCUT2D eigenvalue weighted by atomic mass is 9.83. The lowest BCUT2D eigenvalue weighted by molar-refractivity contribution is -0.142. The first kappa shape index (κ1) is 15.3. The molecule has 110 valence electrons. The lowest BCUT2D eigenvalue weighted by Gasteiger charge is -2.24. The van der Waals surface area contributed by atoms with Gasteiger partial charge in [-0.05, 0) is 36.6 Å². The highest BCUT2D eigenvalue weighted by Crippen LogP contribution is 2.20. The second kappa shape index (κ2) is 5.71. The number of aliphatic hydroxyl groups is 2. The predicted molar refractivity (Wildman–Crippen MR) is 77.9 cm³/mol. The van der Waals surface area contributed by atoms with Crippen LogP contribution in [0.2, 0.25) is 0 Å². The Kier molecular flexibility index (Phi) is 4.16. The van der Waals surface area contributed by atoms with Crippen LogP contribution in [0.4, 0.5) is 0 Å². The van der Waals surface area contributed by atoms with Crippen molar-refractivity contribution in [1.29, 1.82) is 0 Å². The average molecular weight is 287 g/mol. The Bertz CT molecular complexity index is 656. The van der Waals surface area contributed by atoms with Gasteiger partial charge in [-0.3, -0.25) is 14.6 Å². The summed E-state index contributed by atoms with van der Waals surface area (Å²) in [5.41, 5.74) is 0.0269. The molecule has 0 fully saturated rings. The zero-order chi connectivity index (χ0) is 15.6. The van der Waals surface area contributed by atoms with Crippen molar-refractivity contribution in [2.75, 3.05) is 0 Å². The van der Waals surface area contributed by atoms with Crippen LogP contribution in [0.5, 0.6) is 0 Å². The van der Waals surface area contributed by atoms with Crippen molar-refractivity contribution in [2.45, 2.75) is 32.6 Å². The number of aliphatic hydroxyl groups excluding tert-OH is 1. The first-order valence-corrected chi connectivity index (χ1v) is 6.60. The SMILES string of the molecule is CC1=CC(=O)[C@@](C)(O)C(=O)C1=NCc1ccccc1CO. The maximum absolute atomic E-state index is 12.2. The summed E-state index contributed by atoms with van der Waals surface area (Å²) in [5, 5.41) is 19.2. The highest BCUT2D eigenvalue weighted by Gasteiger charge is 2.43. The molecule has 0 aromatic heterocycles. The molecule has 0 unspecified atom stereocenters. The fourth-order valence-corrected chi connectivity index (χ4v) is 2.15. The van der Waals surface area contributed by atoms with Crippen LogP contribution in [0.1, 0.15) is 25.0 Å². The molecule has 1 aliphatic rings. The fraction of sp³-hybridized carbons (Fsp3) is 0.312. The van der Waals surface area contributed by atoms with Crippen LogP contribution in [0.15, 0.2) is 40.9 Å². The van der Waals surface area contributed by atoms with E-state index in [-0.39, 0.29) is 18.9 Å². The number of allylic oxidation sites excluding steroid dienone is 1. The molecule has 0 bridgehead atoms. The van der Waals surface area contributed by atoms with Crippen molar-refractivity contribution >= 4 is 17.3 Å². The van der Waals surface area contributed by atoms with Gasteiger partial charge in [0.2, 0.25) is 5.78 Å². The van der Waals surface area contributed by atoms with Gasteiger partial charge in [0, 0.05) is 0 Å². The number of carbonyl (C=O) groups excluding carboxylic acids is 2. The number of aliphatic imine (C=N–C) groups is 1. The average Bonchev–Trinajstić information content (AvgIpc) is 2.46. The largest absolute Gasteiger partial charge is 0.392 e. The van der Waals surface area contributed by atoms with E-state index in [0.717, 1.165) is 11.1 Å². The molecule has 5 heteroatoms. The molecule has 0 radical (unpaired) electrons. The highest BCUT2D eigenvalue weighted by atomic mass is 16.3. The Morgan fingerprint density at radius 2 is 1.81 bits per heavy atom. The molecule has 5 nitrogen and oxygen atoms in total. The summed E-state index contributed by atoms with van der Waals surface area (Å²) in [7, 11) is 0. The van der Waals surface area contributed by atoms with E-state index in [1.165, 1.54) is 13.0 Å². The number of Topliss-reactive ketones (excluding diaryl/α,β-unsaturated/α-hetero) is 1. The van der Waals surface area contributed by atoms with E-state index in [9.17, 15) is 19.8 Å². The second-order valence-electron chi connectivity index (χ2n) is 5.18. The van der Waals surface area contributed by atoms with Crippen LogP contribution in [-0.4, -0.2) is 33.1 Å². The number of carbonyl (C=O) groups is 2. The van der Waals surface area contributed by atoms with Crippen LogP contribution >= 0.6 is 0 Å². The van der Waals surface area contributed by atoms with E-state index in [4.69, 9.17) is 0 Å². The van der Waals surface area contributed by atoms with Gasteiger partial charge in [0.1, 0.15) is 5.71 Å². The Hall–Kier alpha value is -2.11. The van der Waals surface area contributed by atoms with Crippen LogP contribution in [0.3, 0.4) is 0 Å². The van der Waals surface area contributed by atoms with Gasteiger partial charge in [0.25, 0.3) is 0 Å². The van der Waals surface area contributed by atoms with Crippen LogP contribution in [0.25, 0.3) is 0 Å². The molecule has 21 heavy (non-hydrogen) atoms. The number of ketones is 2. The highest BCUT2D eigenvalue weighted by molar-refractivity contribution is 6.54. The van der Waals surface area contributed by atoms with Crippen molar-refractivity contribution in [3.8, 4) is 0 Å². The van der Waals surface area contributed by atoms with Crippen molar-refractivity contribution in [3.05, 3.63) is 47.0 Å². The van der Waals surface area contributed by atoms with Crippen molar-refractivity contribution in [3.63, 3.8) is 0 Å². The smallest absolute Gasteiger partial charge is 0.220 e. The van der Waals surface area contributed by atoms with Gasteiger partial charge in [-0.25, -0.2) is 0 Å². The van der Waals surface area contributed by atoms with E-state index in [0.29, 0.717) is 5.57 Å². The van der Waals surface area contributed by atoms with Crippen LogP contribution in [0, 0.1) is 0 Å². The lowest BCUT2D eigenvalue weighted by Crippen LogP contribution is -2.50. The van der Waals surface area contributed by atoms with E-state index in [2.05, 4.69) is 4.99 Å². The van der Waals surface area contributed by atoms with Crippen LogP contribution in [-0.2, 0) is 22.7 Å². The Morgan fingerprint density at radius 3 is 2.43 bits per heavy atom. The van der Waals surface area contributed by atoms with Gasteiger partial charge >= 0.3 is 0 Å². The third-order valence-electron chi connectivity index (χ3n) is 3.55. The molecule has 2 rings (SSSR count). The van der Waals surface area contributed by atoms with E-state index >= 15 is 0 Å². The number of benzene rings is 1. The summed E-state index contributed by atoms with van der Waals surface area (Å²) in [6.07, 6.45) is 1.23. The molecule has 0 aliphatic heterocycles. The molecule has 0 saturated carbocycles. The third kappa shape index (κ3) is 2.84. The van der Waals surface area contributed by atoms with E-state index in [1.54, 1.807) is 13.0 Å². The first-order valence-electron chi connectivity index (χ1n) is 6.60. The minimum absolute atomic E-state index is 0.104. The molecule has 0 heterocycles. The van der Waals surface area contributed by atoms with Gasteiger partial charge in [-0.1, -0.05) is 24.3 Å². The van der Waals surface area contributed by atoms with Crippen molar-refractivity contribution in [1.82, 2.24) is 0 Å². The Labute approximate surface area is 122 Å². The quantitative estimate of drug-likeness (QED) is 0.811. The number of rotatable bonds is 3. The Balaban J connectivity index is 2.35. The summed E-state index contributed by atoms with van der Waals surface area (Å²) in [5.74, 6) is -1.31. The minimum Gasteiger partial charge on any atom is -0.392 e. The summed E-state index contributed by atoms with van der Waals surface area (Å²) in [6.45, 7) is 2.88. The van der Waals surface area contributed by atoms with Crippen molar-refractivity contribution < 1.29 is 19.8 Å². The second-order valence-corrected chi connectivity index (χ2v) is 5.18. The number of nitrogens with zero attached hydrogens (tertiary/aromatic N) is 1. The van der Waals surface area contributed by atoms with Gasteiger partial charge in [0.05, 0.1) is 13.2 Å². The molecule has 1 aliphatic carbocycles. The minimum atomic E-state index is -2.05. The van der Waals surface area contributed by atoms with Crippen LogP contribution < -0.4 is 0 Å². The van der Waals surface area contributed by atoms with E-state index < -0.39 is 17.2 Å². The summed E-state index contributed by atoms with van der Waals surface area (Å²) >= 11 is 0. The standard InChI is InChI=1S/C16H17NO4/c1-10-7-13(19)16(2,21)15(20)14(10)17-8-11-5-3-4-6-12(11)9-18/h3-7,18,21H,8-9H2,1-2H3/t16-/m1/s1. The molecule has 1 aromatic carbocycles. The van der Waals surface area contributed by atoms with Gasteiger partial charge < -0.3 is 10.2 Å². The molecule has 1 atom stereocenters. The van der Waals surface area contributed by atoms with Gasteiger partial charge in [0.15, 0.2) is 11.4 Å².